The van der Waals surface area contributed by atoms with Crippen LogP contribution in [0.15, 0.2) is 0 Å². The number of rotatable bonds is 1. The standard InChI is InChI=1S/C11H22N2O/c1-12(2)10-5-4-8-6-13(3)7-9(10)11(8)14/h8-11,14H,4-7H2,1-3H3/t8?,9?,10-,11-/m0/s1. The lowest BCUT2D eigenvalue weighted by molar-refractivity contribution is -0.0757. The number of hydrogen-bond acceptors (Lipinski definition) is 3. The molecule has 1 N–H and O–H groups in total. The van der Waals surface area contributed by atoms with Crippen molar-refractivity contribution in [1.82, 2.24) is 9.80 Å². The summed E-state index contributed by atoms with van der Waals surface area (Å²) in [4.78, 5) is 4.65. The first-order chi connectivity index (χ1) is 6.59. The normalized spacial score (nSPS) is 44.4. The van der Waals surface area contributed by atoms with Gasteiger partial charge in [0.1, 0.15) is 0 Å². The van der Waals surface area contributed by atoms with E-state index in [0.29, 0.717) is 17.9 Å². The monoisotopic (exact) mass is 198 g/mol. The van der Waals surface area contributed by atoms with Crippen molar-refractivity contribution in [3.05, 3.63) is 0 Å². The zero-order valence-electron chi connectivity index (χ0n) is 9.48. The van der Waals surface area contributed by atoms with Crippen LogP contribution in [0.25, 0.3) is 0 Å². The molecule has 3 heteroatoms. The molecule has 3 nitrogen and oxygen atoms in total. The fraction of sp³-hybridized carbons (Fsp3) is 1.00. The summed E-state index contributed by atoms with van der Waals surface area (Å²) < 4.78 is 0. The number of likely N-dealkylation sites (tertiary alicyclic amines) is 1. The summed E-state index contributed by atoms with van der Waals surface area (Å²) in [6.45, 7) is 2.14. The van der Waals surface area contributed by atoms with Crippen molar-refractivity contribution in [3.63, 3.8) is 0 Å². The predicted octanol–water partition coefficient (Wildman–Crippen LogP) is 0.249. The van der Waals surface area contributed by atoms with Crippen LogP contribution in [0.1, 0.15) is 12.8 Å². The molecule has 0 radical (unpaired) electrons. The lowest BCUT2D eigenvalue weighted by atomic mass is 9.72. The molecular weight excluding hydrogens is 176 g/mol. The number of nitrogens with zero attached hydrogens (tertiary/aromatic N) is 2. The maximum absolute atomic E-state index is 10.2. The van der Waals surface area contributed by atoms with E-state index < -0.39 is 0 Å². The summed E-state index contributed by atoms with van der Waals surface area (Å²) in [6, 6.07) is 0.573. The highest BCUT2D eigenvalue weighted by atomic mass is 16.3. The molecule has 2 unspecified atom stereocenters. The third kappa shape index (κ3) is 1.69. The number of fused-ring (bicyclic) bond motifs is 2. The number of aliphatic hydroxyl groups excluding tert-OH is 1. The quantitative estimate of drug-likeness (QED) is 0.654. The first-order valence-electron chi connectivity index (χ1n) is 5.62. The highest BCUT2D eigenvalue weighted by Crippen LogP contribution is 2.36. The summed E-state index contributed by atoms with van der Waals surface area (Å²) in [5.74, 6) is 0.984. The van der Waals surface area contributed by atoms with Gasteiger partial charge in [0.25, 0.3) is 0 Å². The molecule has 1 saturated heterocycles. The van der Waals surface area contributed by atoms with Crippen molar-refractivity contribution in [2.45, 2.75) is 25.0 Å². The van der Waals surface area contributed by atoms with Crippen molar-refractivity contribution in [2.75, 3.05) is 34.2 Å². The topological polar surface area (TPSA) is 26.7 Å². The van der Waals surface area contributed by atoms with Gasteiger partial charge in [-0.05, 0) is 39.9 Å². The van der Waals surface area contributed by atoms with E-state index in [2.05, 4.69) is 30.9 Å². The molecule has 2 fully saturated rings. The fourth-order valence-corrected chi connectivity index (χ4v) is 3.25. The van der Waals surface area contributed by atoms with Gasteiger partial charge in [0.15, 0.2) is 0 Å². The van der Waals surface area contributed by atoms with E-state index >= 15 is 0 Å². The van der Waals surface area contributed by atoms with Crippen LogP contribution in [0.4, 0.5) is 0 Å². The van der Waals surface area contributed by atoms with Crippen LogP contribution in [0, 0.1) is 11.8 Å². The average molecular weight is 198 g/mol. The highest BCUT2D eigenvalue weighted by molar-refractivity contribution is 4.96. The van der Waals surface area contributed by atoms with Gasteiger partial charge in [-0.15, -0.1) is 0 Å². The molecule has 2 aliphatic rings. The zero-order valence-corrected chi connectivity index (χ0v) is 9.48. The third-order valence-electron chi connectivity index (χ3n) is 3.98. The van der Waals surface area contributed by atoms with Gasteiger partial charge in [-0.1, -0.05) is 0 Å². The summed E-state index contributed by atoms with van der Waals surface area (Å²) >= 11 is 0. The lowest BCUT2D eigenvalue weighted by Crippen LogP contribution is -2.58. The van der Waals surface area contributed by atoms with Crippen molar-refractivity contribution < 1.29 is 5.11 Å². The van der Waals surface area contributed by atoms with Crippen molar-refractivity contribution in [2.24, 2.45) is 11.8 Å². The van der Waals surface area contributed by atoms with E-state index in [0.717, 1.165) is 13.1 Å². The first kappa shape index (κ1) is 10.4. The van der Waals surface area contributed by atoms with E-state index in [1.54, 1.807) is 0 Å². The molecule has 0 aromatic rings. The van der Waals surface area contributed by atoms with Crippen LogP contribution < -0.4 is 0 Å². The van der Waals surface area contributed by atoms with E-state index in [-0.39, 0.29) is 6.10 Å². The Morgan fingerprint density at radius 1 is 1.21 bits per heavy atom. The number of piperidine rings is 1. The first-order valence-corrected chi connectivity index (χ1v) is 5.62. The van der Waals surface area contributed by atoms with Crippen molar-refractivity contribution >= 4 is 0 Å². The fourth-order valence-electron chi connectivity index (χ4n) is 3.25. The highest BCUT2D eigenvalue weighted by Gasteiger charge is 2.43. The van der Waals surface area contributed by atoms with Gasteiger partial charge < -0.3 is 14.9 Å². The molecular formula is C11H22N2O. The summed E-state index contributed by atoms with van der Waals surface area (Å²) in [6.07, 6.45) is 2.38. The molecule has 0 amide bonds. The molecule has 4 atom stereocenters. The van der Waals surface area contributed by atoms with Gasteiger partial charge in [0.2, 0.25) is 0 Å². The maximum atomic E-state index is 10.2. The second-order valence-electron chi connectivity index (χ2n) is 5.24. The van der Waals surface area contributed by atoms with Gasteiger partial charge in [-0.25, -0.2) is 0 Å². The minimum atomic E-state index is -0.0626. The number of aliphatic hydroxyl groups is 1. The molecule has 2 bridgehead atoms. The maximum Gasteiger partial charge on any atom is 0.0635 e. The van der Waals surface area contributed by atoms with E-state index in [1.807, 2.05) is 0 Å². The van der Waals surface area contributed by atoms with Gasteiger partial charge in [0, 0.05) is 25.0 Å². The Labute approximate surface area is 86.7 Å². The smallest absolute Gasteiger partial charge is 0.0635 e. The van der Waals surface area contributed by atoms with Crippen LogP contribution in [0.5, 0.6) is 0 Å². The second kappa shape index (κ2) is 3.80. The van der Waals surface area contributed by atoms with Crippen LogP contribution in [0.3, 0.4) is 0 Å². The Bertz CT molecular complexity index is 207. The van der Waals surface area contributed by atoms with Gasteiger partial charge >= 0.3 is 0 Å². The summed E-state index contributed by atoms with van der Waals surface area (Å²) in [7, 11) is 6.43. The molecule has 0 aromatic carbocycles. The van der Waals surface area contributed by atoms with Crippen LogP contribution in [0.2, 0.25) is 0 Å². The van der Waals surface area contributed by atoms with E-state index in [9.17, 15) is 5.11 Å². The Hall–Kier alpha value is -0.120. The Morgan fingerprint density at radius 3 is 2.57 bits per heavy atom. The third-order valence-corrected chi connectivity index (χ3v) is 3.98. The molecule has 14 heavy (non-hydrogen) atoms. The van der Waals surface area contributed by atoms with Gasteiger partial charge in [-0.2, -0.15) is 0 Å². The van der Waals surface area contributed by atoms with Crippen LogP contribution in [-0.2, 0) is 0 Å². The van der Waals surface area contributed by atoms with Gasteiger partial charge in [-0.3, -0.25) is 0 Å². The second-order valence-corrected chi connectivity index (χ2v) is 5.24. The van der Waals surface area contributed by atoms with Crippen LogP contribution >= 0.6 is 0 Å². The molecule has 0 aromatic heterocycles. The zero-order chi connectivity index (χ0) is 10.3. The Morgan fingerprint density at radius 2 is 1.93 bits per heavy atom. The molecule has 1 aliphatic carbocycles. The minimum Gasteiger partial charge on any atom is -0.392 e. The number of hydrogen-bond donors (Lipinski definition) is 1. The Balaban J connectivity index is 2.12. The molecule has 1 heterocycles. The van der Waals surface area contributed by atoms with Gasteiger partial charge in [0.05, 0.1) is 6.10 Å². The van der Waals surface area contributed by atoms with E-state index in [1.165, 1.54) is 12.8 Å². The van der Waals surface area contributed by atoms with Crippen LogP contribution in [-0.4, -0.2) is 61.3 Å². The molecule has 82 valence electrons. The lowest BCUT2D eigenvalue weighted by Gasteiger charge is -2.49. The Kier molecular flexibility index (Phi) is 2.82. The minimum absolute atomic E-state index is 0.0626. The predicted molar refractivity (Wildman–Crippen MR) is 57.2 cm³/mol. The van der Waals surface area contributed by atoms with E-state index in [4.69, 9.17) is 0 Å². The van der Waals surface area contributed by atoms with Crippen molar-refractivity contribution in [3.8, 4) is 0 Å². The SMILES string of the molecule is CN1CC2CC[C@H](N(C)C)C(C1)[C@H]2O. The molecule has 2 rings (SSSR count). The molecule has 1 saturated carbocycles. The molecule has 1 aliphatic heterocycles. The summed E-state index contributed by atoms with van der Waals surface area (Å²) in [5.41, 5.74) is 0. The molecule has 0 spiro atoms. The van der Waals surface area contributed by atoms with Crippen molar-refractivity contribution in [1.29, 1.82) is 0 Å². The largest absolute Gasteiger partial charge is 0.392 e. The average Bonchev–Trinajstić information content (AvgIpc) is 2.07. The summed E-state index contributed by atoms with van der Waals surface area (Å²) in [5, 5.41) is 10.2.